The summed E-state index contributed by atoms with van der Waals surface area (Å²) in [5.41, 5.74) is 0. The van der Waals surface area contributed by atoms with Crippen LogP contribution in [0.15, 0.2) is 0 Å². The van der Waals surface area contributed by atoms with Crippen LogP contribution in [0.5, 0.6) is 0 Å². The number of fused-ring (bicyclic) bond motifs is 5. The number of nitrogens with zero attached hydrogens (tertiary/aromatic N) is 2. The fraction of sp³-hybridized carbons (Fsp3) is 0.812. The molecule has 3 amide bonds. The lowest BCUT2D eigenvalue weighted by Gasteiger charge is -2.34. The lowest BCUT2D eigenvalue weighted by Crippen LogP contribution is -2.52. The molecule has 126 valence electrons. The molecule has 7 heteroatoms. The summed E-state index contributed by atoms with van der Waals surface area (Å²) in [4.78, 5) is 40.6. The van der Waals surface area contributed by atoms with E-state index in [2.05, 4.69) is 5.32 Å². The van der Waals surface area contributed by atoms with Gasteiger partial charge < -0.3 is 15.0 Å². The molecular formula is C16H23N3O4. The standard InChI is InChI=1S/C16H23N3O4/c1-9-8-17-5-7-18(9)12(20)4-6-19-15(21)13-10-2-3-11(23-10)14(13)16(19)22/h9-11,13-14,17H,2-8H2,1H3. The van der Waals surface area contributed by atoms with Crippen molar-refractivity contribution >= 4 is 17.7 Å². The minimum atomic E-state index is -0.297. The largest absolute Gasteiger partial charge is 0.373 e. The summed E-state index contributed by atoms with van der Waals surface area (Å²) in [6.07, 6.45) is 1.79. The molecule has 23 heavy (non-hydrogen) atoms. The molecule has 4 saturated heterocycles. The van der Waals surface area contributed by atoms with Crippen molar-refractivity contribution < 1.29 is 19.1 Å². The Bertz CT molecular complexity index is 523. The molecule has 5 unspecified atom stereocenters. The first kappa shape index (κ1) is 15.1. The molecule has 0 aromatic rings. The van der Waals surface area contributed by atoms with Gasteiger partial charge in [0.05, 0.1) is 24.0 Å². The number of imide groups is 1. The molecular weight excluding hydrogens is 298 g/mol. The summed E-state index contributed by atoms with van der Waals surface area (Å²) >= 11 is 0. The second kappa shape index (κ2) is 5.56. The number of rotatable bonds is 3. The Labute approximate surface area is 135 Å². The molecule has 0 radical (unpaired) electrons. The maximum Gasteiger partial charge on any atom is 0.235 e. The fourth-order valence-electron chi connectivity index (χ4n) is 4.56. The van der Waals surface area contributed by atoms with Gasteiger partial charge >= 0.3 is 0 Å². The van der Waals surface area contributed by atoms with E-state index in [4.69, 9.17) is 4.74 Å². The lowest BCUT2D eigenvalue weighted by atomic mass is 9.81. The Morgan fingerprint density at radius 3 is 2.48 bits per heavy atom. The van der Waals surface area contributed by atoms with Crippen molar-refractivity contribution in [2.75, 3.05) is 26.2 Å². The second-order valence-electron chi connectivity index (χ2n) is 7.06. The number of hydrogen-bond acceptors (Lipinski definition) is 5. The first-order valence-electron chi connectivity index (χ1n) is 8.59. The first-order valence-corrected chi connectivity index (χ1v) is 8.59. The predicted octanol–water partition coefficient (Wildman–Crippen LogP) is -0.641. The van der Waals surface area contributed by atoms with Crippen LogP contribution < -0.4 is 5.32 Å². The summed E-state index contributed by atoms with van der Waals surface area (Å²) in [6, 6.07) is 0.157. The van der Waals surface area contributed by atoms with Gasteiger partial charge in [0.15, 0.2) is 0 Å². The third kappa shape index (κ3) is 2.29. The molecule has 7 nitrogen and oxygen atoms in total. The summed E-state index contributed by atoms with van der Waals surface area (Å²) in [5.74, 6) is -0.832. The van der Waals surface area contributed by atoms with Crippen LogP contribution in [0.4, 0.5) is 0 Å². The Morgan fingerprint density at radius 2 is 1.87 bits per heavy atom. The van der Waals surface area contributed by atoms with Crippen LogP contribution in [0.1, 0.15) is 26.2 Å². The van der Waals surface area contributed by atoms with E-state index in [-0.39, 0.29) is 60.8 Å². The zero-order chi connectivity index (χ0) is 16.1. The number of ether oxygens (including phenoxy) is 1. The zero-order valence-corrected chi connectivity index (χ0v) is 13.4. The van der Waals surface area contributed by atoms with Gasteiger partial charge in [-0.1, -0.05) is 0 Å². The molecule has 4 rings (SSSR count). The Hall–Kier alpha value is -1.47. The molecule has 0 spiro atoms. The minimum Gasteiger partial charge on any atom is -0.373 e. The molecule has 0 saturated carbocycles. The average molecular weight is 321 g/mol. The molecule has 5 atom stereocenters. The molecule has 0 aliphatic carbocycles. The maximum absolute atomic E-state index is 12.5. The van der Waals surface area contributed by atoms with Gasteiger partial charge in [0.2, 0.25) is 17.7 Å². The van der Waals surface area contributed by atoms with E-state index in [1.54, 1.807) is 0 Å². The van der Waals surface area contributed by atoms with Gasteiger partial charge in [0, 0.05) is 38.6 Å². The highest BCUT2D eigenvalue weighted by Crippen LogP contribution is 2.48. The highest BCUT2D eigenvalue weighted by atomic mass is 16.5. The SMILES string of the molecule is CC1CNCCN1C(=O)CCN1C(=O)C2C3CCC(O3)C2C1=O. The van der Waals surface area contributed by atoms with E-state index in [9.17, 15) is 14.4 Å². The smallest absolute Gasteiger partial charge is 0.235 e. The third-order valence-corrected chi connectivity index (χ3v) is 5.75. The quantitative estimate of drug-likeness (QED) is 0.700. The topological polar surface area (TPSA) is 79.0 Å². The third-order valence-electron chi connectivity index (χ3n) is 5.75. The Balaban J connectivity index is 1.39. The van der Waals surface area contributed by atoms with E-state index in [1.807, 2.05) is 11.8 Å². The summed E-state index contributed by atoms with van der Waals surface area (Å²) in [5, 5.41) is 3.25. The molecule has 4 fully saturated rings. The molecule has 0 aromatic carbocycles. The highest BCUT2D eigenvalue weighted by molar-refractivity contribution is 6.06. The minimum absolute atomic E-state index is 0.0240. The molecule has 1 N–H and O–H groups in total. The van der Waals surface area contributed by atoms with Gasteiger partial charge in [0.1, 0.15) is 0 Å². The van der Waals surface area contributed by atoms with E-state index < -0.39 is 0 Å². The highest BCUT2D eigenvalue weighted by Gasteiger charge is 2.62. The van der Waals surface area contributed by atoms with Crippen LogP contribution in [0, 0.1) is 11.8 Å². The number of likely N-dealkylation sites (tertiary alicyclic amines) is 1. The van der Waals surface area contributed by atoms with Crippen molar-refractivity contribution in [2.45, 2.75) is 44.4 Å². The molecule has 4 aliphatic heterocycles. The fourth-order valence-corrected chi connectivity index (χ4v) is 4.56. The summed E-state index contributed by atoms with van der Waals surface area (Å²) < 4.78 is 5.71. The van der Waals surface area contributed by atoms with Crippen molar-refractivity contribution in [3.05, 3.63) is 0 Å². The molecule has 4 heterocycles. The van der Waals surface area contributed by atoms with Gasteiger partial charge in [-0.2, -0.15) is 0 Å². The summed E-state index contributed by atoms with van der Waals surface area (Å²) in [7, 11) is 0. The van der Waals surface area contributed by atoms with Crippen molar-refractivity contribution in [3.63, 3.8) is 0 Å². The number of piperazine rings is 1. The lowest BCUT2D eigenvalue weighted by molar-refractivity contribution is -0.143. The number of amides is 3. The van der Waals surface area contributed by atoms with Gasteiger partial charge in [-0.05, 0) is 19.8 Å². The van der Waals surface area contributed by atoms with Crippen molar-refractivity contribution in [2.24, 2.45) is 11.8 Å². The van der Waals surface area contributed by atoms with E-state index >= 15 is 0 Å². The van der Waals surface area contributed by atoms with Gasteiger partial charge in [-0.15, -0.1) is 0 Å². The van der Waals surface area contributed by atoms with Crippen LogP contribution in [-0.4, -0.2) is 72.0 Å². The van der Waals surface area contributed by atoms with Crippen molar-refractivity contribution in [1.29, 1.82) is 0 Å². The van der Waals surface area contributed by atoms with Gasteiger partial charge in [-0.3, -0.25) is 19.3 Å². The molecule has 2 bridgehead atoms. The van der Waals surface area contributed by atoms with Crippen molar-refractivity contribution in [1.82, 2.24) is 15.1 Å². The van der Waals surface area contributed by atoms with Crippen LogP contribution >= 0.6 is 0 Å². The van der Waals surface area contributed by atoms with Crippen molar-refractivity contribution in [3.8, 4) is 0 Å². The summed E-state index contributed by atoms with van der Waals surface area (Å²) in [6.45, 7) is 4.49. The van der Waals surface area contributed by atoms with Gasteiger partial charge in [0.25, 0.3) is 0 Å². The second-order valence-corrected chi connectivity index (χ2v) is 7.06. The number of hydrogen-bond donors (Lipinski definition) is 1. The Kier molecular flexibility index (Phi) is 3.65. The zero-order valence-electron chi connectivity index (χ0n) is 13.4. The van der Waals surface area contributed by atoms with E-state index in [0.717, 1.165) is 25.9 Å². The maximum atomic E-state index is 12.5. The Morgan fingerprint density at radius 1 is 1.22 bits per heavy atom. The number of nitrogens with one attached hydrogen (secondary N) is 1. The number of carbonyl (C=O) groups excluding carboxylic acids is 3. The number of carbonyl (C=O) groups is 3. The first-order chi connectivity index (χ1) is 11.1. The molecule has 0 aromatic heterocycles. The van der Waals surface area contributed by atoms with Crippen LogP contribution in [0.3, 0.4) is 0 Å². The van der Waals surface area contributed by atoms with Crippen LogP contribution in [0.25, 0.3) is 0 Å². The molecule has 4 aliphatic rings. The average Bonchev–Trinajstić information content (AvgIpc) is 3.21. The van der Waals surface area contributed by atoms with Crippen LogP contribution in [0.2, 0.25) is 0 Å². The predicted molar refractivity (Wildman–Crippen MR) is 80.3 cm³/mol. The monoisotopic (exact) mass is 321 g/mol. The van der Waals surface area contributed by atoms with E-state index in [1.165, 1.54) is 4.90 Å². The van der Waals surface area contributed by atoms with E-state index in [0.29, 0.717) is 6.54 Å². The van der Waals surface area contributed by atoms with Gasteiger partial charge in [-0.25, -0.2) is 0 Å². The normalized spacial score (nSPS) is 39.3. The van der Waals surface area contributed by atoms with Crippen LogP contribution in [-0.2, 0) is 19.1 Å².